The number of hydrogen-bond acceptors (Lipinski definition) is 4. The highest BCUT2D eigenvalue weighted by Crippen LogP contribution is 2.39. The molecule has 0 spiro atoms. The summed E-state index contributed by atoms with van der Waals surface area (Å²) in [7, 11) is 0. The maximum absolute atomic E-state index is 13.0. The van der Waals surface area contributed by atoms with Crippen LogP contribution in [0.1, 0.15) is 30.6 Å². The van der Waals surface area contributed by atoms with Crippen molar-refractivity contribution >= 4 is 29.3 Å². The molecule has 124 valence electrons. The number of pyridine rings is 1. The van der Waals surface area contributed by atoms with Gasteiger partial charge >= 0.3 is 0 Å². The van der Waals surface area contributed by atoms with Gasteiger partial charge in [0, 0.05) is 30.1 Å². The van der Waals surface area contributed by atoms with Crippen LogP contribution in [0.4, 0.5) is 5.69 Å². The highest BCUT2D eigenvalue weighted by molar-refractivity contribution is 7.99. The van der Waals surface area contributed by atoms with E-state index in [0.717, 1.165) is 15.6 Å². The summed E-state index contributed by atoms with van der Waals surface area (Å²) in [4.78, 5) is 31.9. The lowest BCUT2D eigenvalue weighted by Gasteiger charge is -2.22. The zero-order chi connectivity index (χ0) is 17.1. The summed E-state index contributed by atoms with van der Waals surface area (Å²) in [6.45, 7) is 4.16. The van der Waals surface area contributed by atoms with E-state index in [1.807, 2.05) is 50.2 Å². The molecule has 1 aliphatic heterocycles. The van der Waals surface area contributed by atoms with Gasteiger partial charge in [-0.3, -0.25) is 9.59 Å². The predicted molar refractivity (Wildman–Crippen MR) is 94.4 cm³/mol. The Morgan fingerprint density at radius 2 is 2.04 bits per heavy atom. The lowest BCUT2D eigenvalue weighted by Crippen LogP contribution is -2.37. The van der Waals surface area contributed by atoms with Crippen LogP contribution in [0.25, 0.3) is 0 Å². The number of carbonyl (C=O) groups is 2. The van der Waals surface area contributed by atoms with E-state index in [0.29, 0.717) is 12.1 Å². The van der Waals surface area contributed by atoms with Crippen molar-refractivity contribution in [3.63, 3.8) is 0 Å². The van der Waals surface area contributed by atoms with E-state index in [-0.39, 0.29) is 24.3 Å². The average molecular weight is 341 g/mol. The molecule has 1 N–H and O–H groups in total. The minimum atomic E-state index is -0.0952. The normalized spacial score (nSPS) is 13.3. The molecule has 0 saturated carbocycles. The lowest BCUT2D eigenvalue weighted by atomic mass is 10.1. The van der Waals surface area contributed by atoms with Crippen LogP contribution < -0.4 is 10.2 Å². The largest absolute Gasteiger partial charge is 0.354 e. The van der Waals surface area contributed by atoms with Crippen LogP contribution in [0.2, 0.25) is 0 Å². The minimum Gasteiger partial charge on any atom is -0.354 e. The second-order valence-corrected chi connectivity index (χ2v) is 6.89. The summed E-state index contributed by atoms with van der Waals surface area (Å²) in [5.41, 5.74) is 1.39. The number of nitrogens with zero attached hydrogens (tertiary/aromatic N) is 2. The Labute approximate surface area is 145 Å². The second-order valence-electron chi connectivity index (χ2n) is 5.85. The van der Waals surface area contributed by atoms with E-state index >= 15 is 0 Å². The summed E-state index contributed by atoms with van der Waals surface area (Å²) >= 11 is 1.48. The van der Waals surface area contributed by atoms with Crippen molar-refractivity contribution in [2.24, 2.45) is 0 Å². The molecule has 1 aromatic carbocycles. The zero-order valence-electron chi connectivity index (χ0n) is 13.7. The van der Waals surface area contributed by atoms with E-state index in [1.165, 1.54) is 11.8 Å². The molecule has 24 heavy (non-hydrogen) atoms. The van der Waals surface area contributed by atoms with Crippen molar-refractivity contribution in [2.75, 3.05) is 11.4 Å². The summed E-state index contributed by atoms with van der Waals surface area (Å²) in [5, 5.41) is 3.64. The fraction of sp³-hybridized carbons (Fsp3) is 0.278. The Morgan fingerprint density at radius 3 is 2.83 bits per heavy atom. The summed E-state index contributed by atoms with van der Waals surface area (Å²) in [6, 6.07) is 11.3. The summed E-state index contributed by atoms with van der Waals surface area (Å²) < 4.78 is 0. The highest BCUT2D eigenvalue weighted by atomic mass is 32.2. The Balaban J connectivity index is 1.92. The quantitative estimate of drug-likeness (QED) is 0.928. The standard InChI is InChI=1S/C18H19N3O2S/c1-12(2)20-16(22)9-11-21-14-7-5-10-19-17(14)24-15-8-4-3-6-13(15)18(21)23/h3-8,10,12H,9,11H2,1-2H3,(H,20,22). The molecule has 5 nitrogen and oxygen atoms in total. The Morgan fingerprint density at radius 1 is 1.25 bits per heavy atom. The molecular weight excluding hydrogens is 322 g/mol. The van der Waals surface area contributed by atoms with Gasteiger partial charge in [-0.1, -0.05) is 23.9 Å². The predicted octanol–water partition coefficient (Wildman–Crippen LogP) is 3.11. The van der Waals surface area contributed by atoms with Crippen LogP contribution in [0.15, 0.2) is 52.5 Å². The van der Waals surface area contributed by atoms with E-state index in [1.54, 1.807) is 11.1 Å². The van der Waals surface area contributed by atoms with Gasteiger partial charge in [0.25, 0.3) is 5.91 Å². The van der Waals surface area contributed by atoms with Crippen molar-refractivity contribution in [1.82, 2.24) is 10.3 Å². The molecule has 0 aliphatic carbocycles. The number of carbonyl (C=O) groups excluding carboxylic acids is 2. The first-order valence-corrected chi connectivity index (χ1v) is 8.71. The van der Waals surface area contributed by atoms with Gasteiger partial charge in [0.1, 0.15) is 5.03 Å². The maximum atomic E-state index is 13.0. The maximum Gasteiger partial charge on any atom is 0.259 e. The number of rotatable bonds is 4. The number of anilines is 1. The molecule has 2 aromatic rings. The van der Waals surface area contributed by atoms with E-state index < -0.39 is 0 Å². The van der Waals surface area contributed by atoms with Crippen LogP contribution in [0, 0.1) is 0 Å². The van der Waals surface area contributed by atoms with Gasteiger partial charge in [-0.25, -0.2) is 4.98 Å². The van der Waals surface area contributed by atoms with E-state index in [4.69, 9.17) is 0 Å². The fourth-order valence-corrected chi connectivity index (χ4v) is 3.60. The minimum absolute atomic E-state index is 0.0616. The third kappa shape index (κ3) is 3.43. The second kappa shape index (κ2) is 7.05. The molecule has 0 radical (unpaired) electrons. The molecular formula is C18H19N3O2S. The van der Waals surface area contributed by atoms with Crippen molar-refractivity contribution < 1.29 is 9.59 Å². The molecule has 0 fully saturated rings. The Bertz CT molecular complexity index is 776. The summed E-state index contributed by atoms with van der Waals surface area (Å²) in [6.07, 6.45) is 1.97. The van der Waals surface area contributed by atoms with Crippen LogP contribution in [0.5, 0.6) is 0 Å². The first-order chi connectivity index (χ1) is 11.6. The number of amides is 2. The first kappa shape index (κ1) is 16.5. The SMILES string of the molecule is CC(C)NC(=O)CCN1C(=O)c2ccccc2Sc2ncccc21. The smallest absolute Gasteiger partial charge is 0.259 e. The lowest BCUT2D eigenvalue weighted by molar-refractivity contribution is -0.121. The molecule has 0 saturated heterocycles. The number of nitrogens with one attached hydrogen (secondary N) is 1. The average Bonchev–Trinajstić information content (AvgIpc) is 2.67. The van der Waals surface area contributed by atoms with Crippen LogP contribution in [-0.2, 0) is 4.79 Å². The van der Waals surface area contributed by atoms with Gasteiger partial charge in [-0.05, 0) is 38.1 Å². The molecule has 0 atom stereocenters. The molecule has 2 amide bonds. The topological polar surface area (TPSA) is 62.3 Å². The molecule has 1 aromatic heterocycles. The van der Waals surface area contributed by atoms with E-state index in [9.17, 15) is 9.59 Å². The number of benzene rings is 1. The van der Waals surface area contributed by atoms with E-state index in [2.05, 4.69) is 10.3 Å². The van der Waals surface area contributed by atoms with Crippen LogP contribution in [-0.4, -0.2) is 29.4 Å². The van der Waals surface area contributed by atoms with Gasteiger partial charge in [0.2, 0.25) is 5.91 Å². The van der Waals surface area contributed by atoms with Crippen molar-refractivity contribution in [3.8, 4) is 0 Å². The van der Waals surface area contributed by atoms with Gasteiger partial charge in [-0.2, -0.15) is 0 Å². The first-order valence-electron chi connectivity index (χ1n) is 7.89. The highest BCUT2D eigenvalue weighted by Gasteiger charge is 2.27. The van der Waals surface area contributed by atoms with Crippen molar-refractivity contribution in [2.45, 2.75) is 36.2 Å². The summed E-state index contributed by atoms with van der Waals surface area (Å²) in [5.74, 6) is -0.157. The fourth-order valence-electron chi connectivity index (χ4n) is 2.59. The number of fused-ring (bicyclic) bond motifs is 2. The van der Waals surface area contributed by atoms with Gasteiger partial charge < -0.3 is 10.2 Å². The van der Waals surface area contributed by atoms with Gasteiger partial charge in [0.15, 0.2) is 0 Å². The zero-order valence-corrected chi connectivity index (χ0v) is 14.5. The van der Waals surface area contributed by atoms with Crippen molar-refractivity contribution in [1.29, 1.82) is 0 Å². The van der Waals surface area contributed by atoms with Crippen molar-refractivity contribution in [3.05, 3.63) is 48.2 Å². The molecule has 2 heterocycles. The third-order valence-electron chi connectivity index (χ3n) is 3.62. The van der Waals surface area contributed by atoms with Crippen LogP contribution in [0.3, 0.4) is 0 Å². The third-order valence-corrected chi connectivity index (χ3v) is 4.71. The monoisotopic (exact) mass is 341 g/mol. The van der Waals surface area contributed by atoms with Gasteiger partial charge in [-0.15, -0.1) is 0 Å². The number of hydrogen-bond donors (Lipinski definition) is 1. The molecule has 1 aliphatic rings. The Kier molecular flexibility index (Phi) is 4.85. The Hall–Kier alpha value is -2.34. The molecule has 0 bridgehead atoms. The van der Waals surface area contributed by atoms with Gasteiger partial charge in [0.05, 0.1) is 11.3 Å². The molecule has 3 rings (SSSR count). The number of aromatic nitrogens is 1. The molecule has 0 unspecified atom stereocenters. The molecule has 6 heteroatoms. The van der Waals surface area contributed by atoms with Crippen LogP contribution >= 0.6 is 11.8 Å².